The molecule has 3 aromatic rings. The molecule has 1 amide bonds. The Balaban J connectivity index is 1.58. The van der Waals surface area contributed by atoms with Gasteiger partial charge < -0.3 is 10.6 Å². The summed E-state index contributed by atoms with van der Waals surface area (Å²) in [5, 5.41) is 10.5. The zero-order chi connectivity index (χ0) is 17.2. The standard InChI is InChI=1S/C18H16BrN5O/c19-15-8-12-6-7-20-18(25)14(12)9-16(15)21-10-17-22-11-23-24(17)13-4-2-1-3-5-13/h1-5,8-9,11,21H,6-7,10H2,(H,20,25). The van der Waals surface area contributed by atoms with Crippen molar-refractivity contribution >= 4 is 27.5 Å². The Morgan fingerprint density at radius 2 is 2.08 bits per heavy atom. The topological polar surface area (TPSA) is 71.8 Å². The maximum absolute atomic E-state index is 12.0. The molecule has 0 spiro atoms. The first kappa shape index (κ1) is 15.8. The molecule has 0 radical (unpaired) electrons. The van der Waals surface area contributed by atoms with Crippen molar-refractivity contribution in [3.05, 3.63) is 70.2 Å². The molecule has 0 unspecified atom stereocenters. The van der Waals surface area contributed by atoms with Gasteiger partial charge in [-0.05, 0) is 52.2 Å². The molecule has 25 heavy (non-hydrogen) atoms. The summed E-state index contributed by atoms with van der Waals surface area (Å²) in [4.78, 5) is 16.4. The van der Waals surface area contributed by atoms with Gasteiger partial charge in [-0.3, -0.25) is 4.79 Å². The molecule has 0 atom stereocenters. The number of nitrogens with one attached hydrogen (secondary N) is 2. The molecule has 1 aromatic heterocycles. The van der Waals surface area contributed by atoms with Gasteiger partial charge in [0, 0.05) is 22.3 Å². The predicted molar refractivity (Wildman–Crippen MR) is 98.9 cm³/mol. The lowest BCUT2D eigenvalue weighted by atomic mass is 10.00. The van der Waals surface area contributed by atoms with E-state index in [2.05, 4.69) is 36.6 Å². The van der Waals surface area contributed by atoms with E-state index in [-0.39, 0.29) is 5.91 Å². The summed E-state index contributed by atoms with van der Waals surface area (Å²) in [6, 6.07) is 13.8. The molecule has 1 aliphatic rings. The number of benzene rings is 2. The van der Waals surface area contributed by atoms with Gasteiger partial charge in [0.15, 0.2) is 5.82 Å². The summed E-state index contributed by atoms with van der Waals surface area (Å²) < 4.78 is 2.73. The van der Waals surface area contributed by atoms with E-state index in [0.29, 0.717) is 13.1 Å². The normalized spacial score (nSPS) is 13.2. The summed E-state index contributed by atoms with van der Waals surface area (Å²) in [7, 11) is 0. The number of nitrogens with zero attached hydrogens (tertiary/aromatic N) is 3. The molecule has 0 bridgehead atoms. The van der Waals surface area contributed by atoms with Crippen molar-refractivity contribution in [2.75, 3.05) is 11.9 Å². The van der Waals surface area contributed by atoms with E-state index in [4.69, 9.17) is 0 Å². The third-order valence-corrected chi connectivity index (χ3v) is 4.83. The number of carbonyl (C=O) groups is 1. The molecular weight excluding hydrogens is 382 g/mol. The Morgan fingerprint density at radius 3 is 2.92 bits per heavy atom. The van der Waals surface area contributed by atoms with Crippen LogP contribution in [0.15, 0.2) is 53.3 Å². The lowest BCUT2D eigenvalue weighted by molar-refractivity contribution is 0.0946. The minimum atomic E-state index is -0.0238. The van der Waals surface area contributed by atoms with Crippen molar-refractivity contribution in [2.24, 2.45) is 0 Å². The average Bonchev–Trinajstić information content (AvgIpc) is 3.10. The zero-order valence-corrected chi connectivity index (χ0v) is 15.0. The first-order valence-electron chi connectivity index (χ1n) is 8.01. The van der Waals surface area contributed by atoms with Gasteiger partial charge in [-0.25, -0.2) is 9.67 Å². The monoisotopic (exact) mass is 397 g/mol. The molecule has 126 valence electrons. The maximum atomic E-state index is 12.0. The first-order chi connectivity index (χ1) is 12.2. The van der Waals surface area contributed by atoms with E-state index < -0.39 is 0 Å². The molecule has 4 rings (SSSR count). The zero-order valence-electron chi connectivity index (χ0n) is 13.4. The Morgan fingerprint density at radius 1 is 1.24 bits per heavy atom. The summed E-state index contributed by atoms with van der Waals surface area (Å²) >= 11 is 3.59. The van der Waals surface area contributed by atoms with Crippen LogP contribution in [-0.2, 0) is 13.0 Å². The smallest absolute Gasteiger partial charge is 0.251 e. The van der Waals surface area contributed by atoms with Gasteiger partial charge in [0.2, 0.25) is 0 Å². The third kappa shape index (κ3) is 3.15. The Bertz CT molecular complexity index is 922. The summed E-state index contributed by atoms with van der Waals surface area (Å²) in [6.45, 7) is 1.18. The van der Waals surface area contributed by atoms with E-state index in [1.54, 1.807) is 11.0 Å². The lowest BCUT2D eigenvalue weighted by Crippen LogP contribution is -2.31. The van der Waals surface area contributed by atoms with Gasteiger partial charge in [0.25, 0.3) is 5.91 Å². The highest BCUT2D eigenvalue weighted by Gasteiger charge is 2.19. The predicted octanol–water partition coefficient (Wildman–Crippen LogP) is 2.93. The molecule has 2 heterocycles. The molecule has 0 saturated carbocycles. The number of para-hydroxylation sites is 1. The largest absolute Gasteiger partial charge is 0.377 e. The minimum Gasteiger partial charge on any atom is -0.377 e. The van der Waals surface area contributed by atoms with Crippen molar-refractivity contribution in [3.8, 4) is 5.69 Å². The number of rotatable bonds is 4. The highest BCUT2D eigenvalue weighted by atomic mass is 79.9. The first-order valence-corrected chi connectivity index (χ1v) is 8.80. The fraction of sp³-hybridized carbons (Fsp3) is 0.167. The van der Waals surface area contributed by atoms with Crippen molar-refractivity contribution in [1.82, 2.24) is 20.1 Å². The summed E-state index contributed by atoms with van der Waals surface area (Å²) in [5.74, 6) is 0.768. The SMILES string of the molecule is O=C1NCCc2cc(Br)c(NCc3ncnn3-c3ccccc3)cc21. The van der Waals surface area contributed by atoms with Crippen LogP contribution in [-0.4, -0.2) is 27.2 Å². The molecule has 2 N–H and O–H groups in total. The van der Waals surface area contributed by atoms with Crippen molar-refractivity contribution in [2.45, 2.75) is 13.0 Å². The molecule has 0 fully saturated rings. The quantitative estimate of drug-likeness (QED) is 0.709. The van der Waals surface area contributed by atoms with E-state index >= 15 is 0 Å². The second-order valence-corrected chi connectivity index (χ2v) is 6.63. The lowest BCUT2D eigenvalue weighted by Gasteiger charge is -2.19. The molecule has 1 aliphatic heterocycles. The fourth-order valence-corrected chi connectivity index (χ4v) is 3.45. The van der Waals surface area contributed by atoms with Crippen LogP contribution in [0.1, 0.15) is 21.7 Å². The van der Waals surface area contributed by atoms with Crippen molar-refractivity contribution in [3.63, 3.8) is 0 Å². The summed E-state index contributed by atoms with van der Waals surface area (Å²) in [6.07, 6.45) is 2.39. The molecule has 7 heteroatoms. The summed E-state index contributed by atoms with van der Waals surface area (Å²) in [5.41, 5.74) is 3.61. The van der Waals surface area contributed by atoms with E-state index in [1.807, 2.05) is 42.5 Å². The van der Waals surface area contributed by atoms with Gasteiger partial charge in [-0.1, -0.05) is 18.2 Å². The average molecular weight is 398 g/mol. The van der Waals surface area contributed by atoms with E-state index in [1.165, 1.54) is 0 Å². The van der Waals surface area contributed by atoms with E-state index in [0.717, 1.165) is 39.2 Å². The molecular formula is C18H16BrN5O. The van der Waals surface area contributed by atoms with Crippen molar-refractivity contribution < 1.29 is 4.79 Å². The number of halogens is 1. The van der Waals surface area contributed by atoms with Crippen molar-refractivity contribution in [1.29, 1.82) is 0 Å². The molecule has 0 saturated heterocycles. The van der Waals surface area contributed by atoms with Gasteiger partial charge >= 0.3 is 0 Å². The fourth-order valence-electron chi connectivity index (χ4n) is 2.92. The number of hydrogen-bond acceptors (Lipinski definition) is 4. The van der Waals surface area contributed by atoms with Crippen LogP contribution in [0.3, 0.4) is 0 Å². The number of aromatic nitrogens is 3. The van der Waals surface area contributed by atoms with Crippen LogP contribution in [0, 0.1) is 0 Å². The Kier molecular flexibility index (Phi) is 4.23. The van der Waals surface area contributed by atoms with Crippen LogP contribution in [0.2, 0.25) is 0 Å². The highest BCUT2D eigenvalue weighted by Crippen LogP contribution is 2.28. The number of carbonyl (C=O) groups excluding carboxylic acids is 1. The number of fused-ring (bicyclic) bond motifs is 1. The van der Waals surface area contributed by atoms with Crippen LogP contribution in [0.5, 0.6) is 0 Å². The molecule has 2 aromatic carbocycles. The van der Waals surface area contributed by atoms with Gasteiger partial charge in [0.05, 0.1) is 12.2 Å². The number of hydrogen-bond donors (Lipinski definition) is 2. The second-order valence-electron chi connectivity index (χ2n) is 5.77. The Labute approximate surface area is 153 Å². The Hall–Kier alpha value is -2.67. The van der Waals surface area contributed by atoms with Crippen LogP contribution in [0.25, 0.3) is 5.69 Å². The molecule has 0 aliphatic carbocycles. The molecule has 6 nitrogen and oxygen atoms in total. The van der Waals surface area contributed by atoms with Crippen LogP contribution < -0.4 is 10.6 Å². The minimum absolute atomic E-state index is 0.0238. The number of anilines is 1. The second kappa shape index (κ2) is 6.68. The highest BCUT2D eigenvalue weighted by molar-refractivity contribution is 9.10. The number of amides is 1. The van der Waals surface area contributed by atoms with Gasteiger partial charge in [0.1, 0.15) is 6.33 Å². The van der Waals surface area contributed by atoms with E-state index in [9.17, 15) is 4.79 Å². The third-order valence-electron chi connectivity index (χ3n) is 4.17. The van der Waals surface area contributed by atoms with Crippen LogP contribution in [0.4, 0.5) is 5.69 Å². The van der Waals surface area contributed by atoms with Gasteiger partial charge in [-0.15, -0.1) is 0 Å². The maximum Gasteiger partial charge on any atom is 0.251 e. The van der Waals surface area contributed by atoms with Crippen LogP contribution >= 0.6 is 15.9 Å². The van der Waals surface area contributed by atoms with Gasteiger partial charge in [-0.2, -0.15) is 5.10 Å².